The van der Waals surface area contributed by atoms with Crippen LogP contribution in [0.3, 0.4) is 0 Å². The van der Waals surface area contributed by atoms with Crippen LogP contribution in [0.25, 0.3) is 11.3 Å². The average molecular weight is 235 g/mol. The minimum Gasteiger partial charge on any atom is -0.486 e. The third-order valence-electron chi connectivity index (χ3n) is 2.54. The SMILES string of the molecule is Nc1cc(-c2ccc3c(c2F)OCCO3)[nH]n1. The maximum atomic E-state index is 14.2. The summed E-state index contributed by atoms with van der Waals surface area (Å²) in [5, 5.41) is 6.42. The largest absolute Gasteiger partial charge is 0.486 e. The zero-order valence-electron chi connectivity index (χ0n) is 8.87. The fraction of sp³-hybridized carbons (Fsp3) is 0.182. The highest BCUT2D eigenvalue weighted by Gasteiger charge is 2.20. The number of hydrogen-bond donors (Lipinski definition) is 2. The summed E-state index contributed by atoms with van der Waals surface area (Å²) >= 11 is 0. The lowest BCUT2D eigenvalue weighted by Crippen LogP contribution is -2.16. The number of aromatic amines is 1. The molecule has 5 nitrogen and oxygen atoms in total. The highest BCUT2D eigenvalue weighted by molar-refractivity contribution is 5.67. The minimum absolute atomic E-state index is 0.141. The molecule has 1 aromatic carbocycles. The van der Waals surface area contributed by atoms with Gasteiger partial charge in [0.05, 0.1) is 5.69 Å². The van der Waals surface area contributed by atoms with Crippen molar-refractivity contribution < 1.29 is 13.9 Å². The molecule has 3 N–H and O–H groups in total. The standard InChI is InChI=1S/C11H10FN3O2/c12-10-6(7-5-9(13)15-14-7)1-2-8-11(10)17-4-3-16-8/h1-2,5H,3-4H2,(H3,13,14,15). The van der Waals surface area contributed by atoms with Crippen molar-refractivity contribution in [1.29, 1.82) is 0 Å². The Labute approximate surface area is 96.3 Å². The molecular formula is C11H10FN3O2. The van der Waals surface area contributed by atoms with Gasteiger partial charge in [-0.05, 0) is 12.1 Å². The highest BCUT2D eigenvalue weighted by atomic mass is 19.1. The summed E-state index contributed by atoms with van der Waals surface area (Å²) in [5.41, 5.74) is 6.35. The number of aromatic nitrogens is 2. The first-order valence-corrected chi connectivity index (χ1v) is 5.15. The number of H-pyrrole nitrogens is 1. The molecule has 0 atom stereocenters. The molecule has 0 bridgehead atoms. The predicted molar refractivity (Wildman–Crippen MR) is 59.4 cm³/mol. The Morgan fingerprint density at radius 3 is 2.88 bits per heavy atom. The molecule has 0 radical (unpaired) electrons. The molecule has 0 aliphatic carbocycles. The average Bonchev–Trinajstić information content (AvgIpc) is 2.77. The molecular weight excluding hydrogens is 225 g/mol. The monoisotopic (exact) mass is 235 g/mol. The van der Waals surface area contributed by atoms with E-state index in [2.05, 4.69) is 10.2 Å². The van der Waals surface area contributed by atoms with Gasteiger partial charge in [-0.25, -0.2) is 4.39 Å². The third-order valence-corrected chi connectivity index (χ3v) is 2.54. The van der Waals surface area contributed by atoms with Crippen LogP contribution in [0.5, 0.6) is 11.5 Å². The minimum atomic E-state index is -0.467. The summed E-state index contributed by atoms with van der Waals surface area (Å²) < 4.78 is 24.7. The number of fused-ring (bicyclic) bond motifs is 1. The van der Waals surface area contributed by atoms with Crippen molar-refractivity contribution in [3.05, 3.63) is 24.0 Å². The Balaban J connectivity index is 2.12. The topological polar surface area (TPSA) is 73.2 Å². The smallest absolute Gasteiger partial charge is 0.197 e. The molecule has 0 spiro atoms. The molecule has 88 valence electrons. The van der Waals surface area contributed by atoms with Crippen LogP contribution in [0.1, 0.15) is 0 Å². The maximum Gasteiger partial charge on any atom is 0.197 e. The van der Waals surface area contributed by atoms with E-state index in [0.29, 0.717) is 36.0 Å². The highest BCUT2D eigenvalue weighted by Crippen LogP contribution is 2.38. The number of nitrogens with two attached hydrogens (primary N) is 1. The lowest BCUT2D eigenvalue weighted by atomic mass is 10.1. The van der Waals surface area contributed by atoms with Gasteiger partial charge in [0, 0.05) is 11.6 Å². The van der Waals surface area contributed by atoms with Crippen LogP contribution in [0.2, 0.25) is 0 Å². The van der Waals surface area contributed by atoms with Crippen molar-refractivity contribution >= 4 is 5.82 Å². The number of nitrogens with zero attached hydrogens (tertiary/aromatic N) is 1. The number of anilines is 1. The molecule has 0 saturated heterocycles. The van der Waals surface area contributed by atoms with Gasteiger partial charge >= 0.3 is 0 Å². The molecule has 1 aliphatic rings. The Morgan fingerprint density at radius 2 is 2.12 bits per heavy atom. The summed E-state index contributed by atoms with van der Waals surface area (Å²) in [5.74, 6) is 0.409. The summed E-state index contributed by atoms with van der Waals surface area (Å²) in [4.78, 5) is 0. The number of halogens is 1. The van der Waals surface area contributed by atoms with Crippen molar-refractivity contribution in [2.45, 2.75) is 0 Å². The van der Waals surface area contributed by atoms with E-state index in [1.807, 2.05) is 0 Å². The molecule has 1 aliphatic heterocycles. The van der Waals surface area contributed by atoms with Gasteiger partial charge in [-0.1, -0.05) is 0 Å². The quantitative estimate of drug-likeness (QED) is 0.786. The van der Waals surface area contributed by atoms with Gasteiger partial charge in [-0.15, -0.1) is 0 Å². The van der Waals surface area contributed by atoms with Crippen LogP contribution < -0.4 is 15.2 Å². The summed E-state index contributed by atoms with van der Waals surface area (Å²) in [6.07, 6.45) is 0. The first kappa shape index (κ1) is 9.95. The van der Waals surface area contributed by atoms with Crippen LogP contribution in [0, 0.1) is 5.82 Å². The molecule has 6 heteroatoms. The van der Waals surface area contributed by atoms with E-state index in [1.54, 1.807) is 18.2 Å². The van der Waals surface area contributed by atoms with Gasteiger partial charge in [0.2, 0.25) is 0 Å². The summed E-state index contributed by atoms with van der Waals surface area (Å²) in [6.45, 7) is 0.779. The zero-order valence-corrected chi connectivity index (χ0v) is 8.87. The predicted octanol–water partition coefficient (Wildman–Crippen LogP) is 1.57. The lowest BCUT2D eigenvalue weighted by Gasteiger charge is -2.19. The molecule has 17 heavy (non-hydrogen) atoms. The van der Waals surface area contributed by atoms with Crippen molar-refractivity contribution in [3.8, 4) is 22.8 Å². The Kier molecular flexibility index (Phi) is 2.14. The summed E-state index contributed by atoms with van der Waals surface area (Å²) in [7, 11) is 0. The van der Waals surface area contributed by atoms with Crippen molar-refractivity contribution in [2.24, 2.45) is 0 Å². The lowest BCUT2D eigenvalue weighted by molar-refractivity contribution is 0.164. The Hall–Kier alpha value is -2.24. The first-order chi connectivity index (χ1) is 8.25. The van der Waals surface area contributed by atoms with Gasteiger partial charge < -0.3 is 15.2 Å². The van der Waals surface area contributed by atoms with Crippen LogP contribution in [-0.4, -0.2) is 23.4 Å². The maximum absolute atomic E-state index is 14.2. The molecule has 0 unspecified atom stereocenters. The van der Waals surface area contributed by atoms with E-state index < -0.39 is 5.82 Å². The molecule has 0 fully saturated rings. The zero-order chi connectivity index (χ0) is 11.8. The number of benzene rings is 1. The van der Waals surface area contributed by atoms with Crippen LogP contribution in [-0.2, 0) is 0 Å². The third kappa shape index (κ3) is 1.57. The van der Waals surface area contributed by atoms with Crippen LogP contribution in [0.15, 0.2) is 18.2 Å². The van der Waals surface area contributed by atoms with Crippen LogP contribution >= 0.6 is 0 Å². The van der Waals surface area contributed by atoms with Gasteiger partial charge in [-0.2, -0.15) is 5.10 Å². The van der Waals surface area contributed by atoms with E-state index >= 15 is 0 Å². The van der Waals surface area contributed by atoms with E-state index in [4.69, 9.17) is 15.2 Å². The van der Waals surface area contributed by atoms with Gasteiger partial charge in [0.25, 0.3) is 0 Å². The number of ether oxygens (including phenoxy) is 2. The second kappa shape index (κ2) is 3.65. The molecule has 0 amide bonds. The molecule has 0 saturated carbocycles. The molecule has 2 heterocycles. The molecule has 1 aromatic heterocycles. The number of hydrogen-bond acceptors (Lipinski definition) is 4. The van der Waals surface area contributed by atoms with Crippen molar-refractivity contribution in [3.63, 3.8) is 0 Å². The van der Waals surface area contributed by atoms with E-state index in [-0.39, 0.29) is 5.75 Å². The Bertz CT molecular complexity index is 568. The molecule has 2 aromatic rings. The fourth-order valence-electron chi connectivity index (χ4n) is 1.77. The normalized spacial score (nSPS) is 13.7. The van der Waals surface area contributed by atoms with E-state index in [1.165, 1.54) is 0 Å². The van der Waals surface area contributed by atoms with E-state index in [9.17, 15) is 4.39 Å². The van der Waals surface area contributed by atoms with Crippen LogP contribution in [0.4, 0.5) is 10.2 Å². The number of nitrogens with one attached hydrogen (secondary N) is 1. The second-order valence-corrected chi connectivity index (χ2v) is 3.66. The first-order valence-electron chi connectivity index (χ1n) is 5.15. The van der Waals surface area contributed by atoms with Gasteiger partial charge in [0.1, 0.15) is 19.0 Å². The fourth-order valence-corrected chi connectivity index (χ4v) is 1.77. The van der Waals surface area contributed by atoms with Crippen molar-refractivity contribution in [2.75, 3.05) is 18.9 Å². The van der Waals surface area contributed by atoms with Gasteiger partial charge in [0.15, 0.2) is 17.3 Å². The van der Waals surface area contributed by atoms with E-state index in [0.717, 1.165) is 0 Å². The second-order valence-electron chi connectivity index (χ2n) is 3.66. The molecule has 3 rings (SSSR count). The number of rotatable bonds is 1. The number of nitrogen functional groups attached to an aromatic ring is 1. The van der Waals surface area contributed by atoms with Crippen molar-refractivity contribution in [1.82, 2.24) is 10.2 Å². The van der Waals surface area contributed by atoms with Gasteiger partial charge in [-0.3, -0.25) is 5.10 Å². The summed E-state index contributed by atoms with van der Waals surface area (Å²) in [6, 6.07) is 4.84. The Morgan fingerprint density at radius 1 is 1.29 bits per heavy atom.